The van der Waals surface area contributed by atoms with E-state index < -0.39 is 17.9 Å². The summed E-state index contributed by atoms with van der Waals surface area (Å²) in [5.41, 5.74) is 1.08. The number of anilines is 1. The van der Waals surface area contributed by atoms with Gasteiger partial charge in [-0.1, -0.05) is 30.3 Å². The Hall–Kier alpha value is -3.75. The van der Waals surface area contributed by atoms with Crippen molar-refractivity contribution in [2.24, 2.45) is 0 Å². The predicted molar refractivity (Wildman–Crippen MR) is 106 cm³/mol. The van der Waals surface area contributed by atoms with Crippen molar-refractivity contribution in [1.29, 1.82) is 0 Å². The highest BCUT2D eigenvalue weighted by Gasteiger charge is 2.21. The number of carboxylic acid groups (broad SMARTS) is 1. The molecule has 9 nitrogen and oxygen atoms in total. The fourth-order valence-corrected chi connectivity index (χ4v) is 2.55. The molecule has 0 aliphatic carbocycles. The lowest BCUT2D eigenvalue weighted by atomic mass is 10.1. The number of nitrogens with one attached hydrogen (secondary N) is 1. The number of ether oxygens (including phenoxy) is 1. The fraction of sp³-hybridized carbons (Fsp3) is 0.250. The molecule has 0 bridgehead atoms. The number of carboxylic acids is 1. The quantitative estimate of drug-likeness (QED) is 0.631. The summed E-state index contributed by atoms with van der Waals surface area (Å²) in [5.74, 6) is -0.753. The van der Waals surface area contributed by atoms with Gasteiger partial charge in [0, 0.05) is 5.56 Å². The first-order chi connectivity index (χ1) is 13.8. The van der Waals surface area contributed by atoms with Crippen molar-refractivity contribution in [1.82, 2.24) is 20.2 Å². The number of benzene rings is 2. The summed E-state index contributed by atoms with van der Waals surface area (Å²) in [6.45, 7) is 5.29. The first-order valence-corrected chi connectivity index (χ1v) is 9.05. The molecule has 29 heavy (non-hydrogen) atoms. The minimum Gasteiger partial charge on any atom is -0.489 e. The molecular formula is C20H21N5O4. The molecule has 0 saturated heterocycles. The van der Waals surface area contributed by atoms with Crippen LogP contribution in [0.5, 0.6) is 5.75 Å². The molecule has 0 radical (unpaired) electrons. The van der Waals surface area contributed by atoms with Crippen molar-refractivity contribution < 1.29 is 19.4 Å². The molecule has 0 spiro atoms. The summed E-state index contributed by atoms with van der Waals surface area (Å²) in [4.78, 5) is 25.2. The number of aromatic nitrogens is 4. The van der Waals surface area contributed by atoms with Gasteiger partial charge in [-0.2, -0.15) is 4.80 Å². The zero-order chi connectivity index (χ0) is 21.0. The molecule has 1 unspecified atom stereocenters. The zero-order valence-electron chi connectivity index (χ0n) is 16.2. The van der Waals surface area contributed by atoms with E-state index in [0.29, 0.717) is 11.6 Å². The van der Waals surface area contributed by atoms with Gasteiger partial charge in [0.05, 0.1) is 17.4 Å². The SMILES string of the molecule is CC(C)Oc1ccc(C(=O)O)cc1NC(=O)C(C)n1nnc(-c2ccccc2)n1. The molecule has 0 fully saturated rings. The molecule has 1 aromatic heterocycles. The van der Waals surface area contributed by atoms with Gasteiger partial charge in [-0.3, -0.25) is 4.79 Å². The molecule has 150 valence electrons. The van der Waals surface area contributed by atoms with Gasteiger partial charge in [0.25, 0.3) is 5.91 Å². The van der Waals surface area contributed by atoms with Crippen molar-refractivity contribution in [3.05, 3.63) is 54.1 Å². The van der Waals surface area contributed by atoms with Crippen LogP contribution in [0.2, 0.25) is 0 Å². The number of rotatable bonds is 7. The van der Waals surface area contributed by atoms with E-state index in [-0.39, 0.29) is 17.4 Å². The Labute approximate surface area is 167 Å². The normalized spacial score (nSPS) is 11.9. The van der Waals surface area contributed by atoms with E-state index in [0.717, 1.165) is 5.56 Å². The van der Waals surface area contributed by atoms with E-state index in [1.54, 1.807) is 6.92 Å². The second-order valence-electron chi connectivity index (χ2n) is 6.65. The molecule has 1 atom stereocenters. The van der Waals surface area contributed by atoms with E-state index in [1.165, 1.54) is 23.0 Å². The van der Waals surface area contributed by atoms with Gasteiger partial charge in [0.2, 0.25) is 5.82 Å². The predicted octanol–water partition coefficient (Wildman–Crippen LogP) is 3.03. The Morgan fingerprint density at radius 3 is 2.48 bits per heavy atom. The Kier molecular flexibility index (Phi) is 5.87. The molecule has 3 aromatic rings. The Bertz CT molecular complexity index is 1020. The minimum absolute atomic E-state index is 0.0364. The largest absolute Gasteiger partial charge is 0.489 e. The highest BCUT2D eigenvalue weighted by molar-refractivity contribution is 5.97. The average Bonchev–Trinajstić information content (AvgIpc) is 3.19. The maximum Gasteiger partial charge on any atom is 0.335 e. The fourth-order valence-electron chi connectivity index (χ4n) is 2.55. The first kappa shape index (κ1) is 20.0. The van der Waals surface area contributed by atoms with Gasteiger partial charge >= 0.3 is 5.97 Å². The standard InChI is InChI=1S/C20H21N5O4/c1-12(2)29-17-10-9-15(20(27)28)11-16(17)21-19(26)13(3)25-23-18(22-24-25)14-7-5-4-6-8-14/h4-13H,1-3H3,(H,21,26)(H,27,28). The third-order valence-corrected chi connectivity index (χ3v) is 4.03. The molecule has 1 amide bonds. The van der Waals surface area contributed by atoms with Crippen molar-refractivity contribution in [3.8, 4) is 17.1 Å². The lowest BCUT2D eigenvalue weighted by molar-refractivity contribution is -0.119. The van der Waals surface area contributed by atoms with Gasteiger partial charge in [0.1, 0.15) is 11.8 Å². The summed E-state index contributed by atoms with van der Waals surface area (Å²) >= 11 is 0. The molecule has 0 saturated carbocycles. The molecule has 2 N–H and O–H groups in total. The van der Waals surface area contributed by atoms with Gasteiger partial charge in [-0.25, -0.2) is 4.79 Å². The van der Waals surface area contributed by atoms with E-state index in [9.17, 15) is 14.7 Å². The van der Waals surface area contributed by atoms with Crippen LogP contribution >= 0.6 is 0 Å². The number of carbonyl (C=O) groups excluding carboxylic acids is 1. The van der Waals surface area contributed by atoms with Crippen LogP contribution in [0.1, 0.15) is 37.2 Å². The number of amides is 1. The monoisotopic (exact) mass is 395 g/mol. The average molecular weight is 395 g/mol. The zero-order valence-corrected chi connectivity index (χ0v) is 16.2. The number of hydrogen-bond acceptors (Lipinski definition) is 6. The van der Waals surface area contributed by atoms with E-state index in [1.807, 2.05) is 44.2 Å². The van der Waals surface area contributed by atoms with Crippen molar-refractivity contribution in [2.75, 3.05) is 5.32 Å². The molecule has 0 aliphatic heterocycles. The highest BCUT2D eigenvalue weighted by atomic mass is 16.5. The van der Waals surface area contributed by atoms with Crippen LogP contribution in [-0.2, 0) is 4.79 Å². The van der Waals surface area contributed by atoms with E-state index in [2.05, 4.69) is 20.7 Å². The number of hydrogen-bond donors (Lipinski definition) is 2. The number of nitrogens with zero attached hydrogens (tertiary/aromatic N) is 4. The topological polar surface area (TPSA) is 119 Å². The van der Waals surface area contributed by atoms with E-state index in [4.69, 9.17) is 4.74 Å². The number of carbonyl (C=O) groups is 2. The van der Waals surface area contributed by atoms with Crippen molar-refractivity contribution in [3.63, 3.8) is 0 Å². The summed E-state index contributed by atoms with van der Waals surface area (Å²) in [6, 6.07) is 12.8. The summed E-state index contributed by atoms with van der Waals surface area (Å²) in [7, 11) is 0. The summed E-state index contributed by atoms with van der Waals surface area (Å²) in [5, 5.41) is 24.2. The van der Waals surface area contributed by atoms with Gasteiger partial charge in [-0.05, 0) is 44.2 Å². The second-order valence-corrected chi connectivity index (χ2v) is 6.65. The molecule has 0 aliphatic rings. The number of tetrazole rings is 1. The molecular weight excluding hydrogens is 374 g/mol. The Balaban J connectivity index is 1.81. The van der Waals surface area contributed by atoms with Gasteiger partial charge in [-0.15, -0.1) is 10.2 Å². The molecule has 1 heterocycles. The maximum absolute atomic E-state index is 12.7. The lowest BCUT2D eigenvalue weighted by Crippen LogP contribution is -2.26. The first-order valence-electron chi connectivity index (χ1n) is 9.05. The Morgan fingerprint density at radius 2 is 1.83 bits per heavy atom. The summed E-state index contributed by atoms with van der Waals surface area (Å²) < 4.78 is 5.67. The van der Waals surface area contributed by atoms with Crippen LogP contribution in [0.4, 0.5) is 5.69 Å². The van der Waals surface area contributed by atoms with Gasteiger partial charge < -0.3 is 15.2 Å². The minimum atomic E-state index is -1.10. The van der Waals surface area contributed by atoms with Gasteiger partial charge in [0.15, 0.2) is 0 Å². The van der Waals surface area contributed by atoms with Crippen LogP contribution in [0.3, 0.4) is 0 Å². The van der Waals surface area contributed by atoms with Crippen LogP contribution in [0.15, 0.2) is 48.5 Å². The van der Waals surface area contributed by atoms with Crippen molar-refractivity contribution >= 4 is 17.6 Å². The number of aromatic carboxylic acids is 1. The molecule has 9 heteroatoms. The highest BCUT2D eigenvalue weighted by Crippen LogP contribution is 2.28. The molecule has 3 rings (SSSR count). The summed E-state index contributed by atoms with van der Waals surface area (Å²) in [6.07, 6.45) is -0.149. The second kappa shape index (κ2) is 8.51. The smallest absolute Gasteiger partial charge is 0.335 e. The molecule has 2 aromatic carbocycles. The Morgan fingerprint density at radius 1 is 1.10 bits per heavy atom. The third kappa shape index (κ3) is 4.75. The van der Waals surface area contributed by atoms with Crippen LogP contribution in [-0.4, -0.2) is 43.3 Å². The van der Waals surface area contributed by atoms with Crippen LogP contribution in [0.25, 0.3) is 11.4 Å². The third-order valence-electron chi connectivity index (χ3n) is 4.03. The maximum atomic E-state index is 12.7. The van der Waals surface area contributed by atoms with Crippen LogP contribution < -0.4 is 10.1 Å². The lowest BCUT2D eigenvalue weighted by Gasteiger charge is -2.17. The van der Waals surface area contributed by atoms with Crippen molar-refractivity contribution in [2.45, 2.75) is 32.9 Å². The van der Waals surface area contributed by atoms with Crippen LogP contribution in [0, 0.1) is 0 Å². The van der Waals surface area contributed by atoms with E-state index >= 15 is 0 Å².